The van der Waals surface area contributed by atoms with E-state index in [0.29, 0.717) is 0 Å². The van der Waals surface area contributed by atoms with Crippen molar-refractivity contribution in [3.8, 4) is 0 Å². The van der Waals surface area contributed by atoms with E-state index in [9.17, 15) is 4.79 Å². The number of benzene rings is 1. The summed E-state index contributed by atoms with van der Waals surface area (Å²) in [7, 11) is 0. The lowest BCUT2D eigenvalue weighted by Crippen LogP contribution is -2.41. The van der Waals surface area contributed by atoms with Crippen molar-refractivity contribution in [3.63, 3.8) is 0 Å². The maximum atomic E-state index is 12.3. The van der Waals surface area contributed by atoms with E-state index in [0.717, 1.165) is 10.0 Å². The van der Waals surface area contributed by atoms with Crippen LogP contribution in [0.3, 0.4) is 0 Å². The van der Waals surface area contributed by atoms with E-state index >= 15 is 0 Å². The molecule has 2 rings (SSSR count). The largest absolute Gasteiger partial charge is 0.287 e. The summed E-state index contributed by atoms with van der Waals surface area (Å²) in [5.41, 5.74) is 1.92. The Morgan fingerprint density at radius 1 is 1.11 bits per heavy atom. The van der Waals surface area contributed by atoms with Gasteiger partial charge in [0.25, 0.3) is 0 Å². The van der Waals surface area contributed by atoms with Crippen molar-refractivity contribution in [1.82, 2.24) is 0 Å². The van der Waals surface area contributed by atoms with Crippen molar-refractivity contribution >= 4 is 21.7 Å². The van der Waals surface area contributed by atoms with Gasteiger partial charge in [0.05, 0.1) is 0 Å². The summed E-state index contributed by atoms with van der Waals surface area (Å²) in [5, 5.41) is 0. The van der Waals surface area contributed by atoms with E-state index in [4.69, 9.17) is 0 Å². The van der Waals surface area contributed by atoms with E-state index in [-0.39, 0.29) is 11.8 Å². The van der Waals surface area contributed by atoms with E-state index in [2.05, 4.69) is 15.9 Å². The molecule has 0 aliphatic heterocycles. The standard InChI is InChI=1S/C15H15BrNO/c1-11-7-9-17(10-8-11)12(2)15(18)13-3-5-14(16)6-4-13/h3-10,12H,1-2H3/q+1/t12-/m1/s1. The van der Waals surface area contributed by atoms with Gasteiger partial charge in [0, 0.05) is 29.1 Å². The number of hydrogen-bond donors (Lipinski definition) is 0. The summed E-state index contributed by atoms with van der Waals surface area (Å²) in [6.45, 7) is 3.95. The Kier molecular flexibility index (Phi) is 3.92. The highest BCUT2D eigenvalue weighted by Crippen LogP contribution is 2.14. The fourth-order valence-corrected chi connectivity index (χ4v) is 2.03. The van der Waals surface area contributed by atoms with Crippen LogP contribution in [0.15, 0.2) is 53.3 Å². The first kappa shape index (κ1) is 13.0. The molecule has 0 saturated carbocycles. The molecule has 0 N–H and O–H groups in total. The number of nitrogens with zero attached hydrogens (tertiary/aromatic N) is 1. The molecule has 0 aliphatic carbocycles. The summed E-state index contributed by atoms with van der Waals surface area (Å²) >= 11 is 3.37. The van der Waals surface area contributed by atoms with E-state index in [1.165, 1.54) is 5.56 Å². The van der Waals surface area contributed by atoms with Gasteiger partial charge < -0.3 is 0 Å². The predicted molar refractivity (Wildman–Crippen MR) is 74.6 cm³/mol. The molecule has 0 aliphatic rings. The number of hydrogen-bond acceptors (Lipinski definition) is 1. The molecule has 0 amide bonds. The second kappa shape index (κ2) is 5.44. The SMILES string of the molecule is Cc1cc[n+]([C@H](C)C(=O)c2ccc(Br)cc2)cc1. The van der Waals surface area contributed by atoms with Gasteiger partial charge in [0.2, 0.25) is 11.8 Å². The summed E-state index contributed by atoms with van der Waals surface area (Å²) in [6, 6.07) is 11.3. The van der Waals surface area contributed by atoms with Gasteiger partial charge in [0.1, 0.15) is 0 Å². The third kappa shape index (κ3) is 2.85. The van der Waals surface area contributed by atoms with Crippen LogP contribution in [0.4, 0.5) is 0 Å². The molecule has 3 heteroatoms. The lowest BCUT2D eigenvalue weighted by atomic mass is 10.1. The van der Waals surface area contributed by atoms with Gasteiger partial charge >= 0.3 is 0 Å². The number of halogens is 1. The molecule has 1 aromatic heterocycles. The van der Waals surface area contributed by atoms with Gasteiger partial charge in [-0.3, -0.25) is 4.79 Å². The number of carbonyl (C=O) groups is 1. The average Bonchev–Trinajstić information content (AvgIpc) is 2.39. The molecule has 0 spiro atoms. The second-order valence-corrected chi connectivity index (χ2v) is 5.29. The molecule has 1 heterocycles. The molecule has 2 nitrogen and oxygen atoms in total. The minimum absolute atomic E-state index is 0.122. The number of rotatable bonds is 3. The van der Waals surface area contributed by atoms with E-state index in [1.807, 2.05) is 67.2 Å². The van der Waals surface area contributed by atoms with Crippen molar-refractivity contribution in [2.24, 2.45) is 0 Å². The quantitative estimate of drug-likeness (QED) is 0.628. The molecule has 0 unspecified atom stereocenters. The van der Waals surface area contributed by atoms with Gasteiger partial charge in [-0.2, -0.15) is 4.57 Å². The van der Waals surface area contributed by atoms with Gasteiger partial charge in [-0.25, -0.2) is 0 Å². The number of aromatic nitrogens is 1. The first-order chi connectivity index (χ1) is 8.58. The predicted octanol–water partition coefficient (Wildman–Crippen LogP) is 3.49. The van der Waals surface area contributed by atoms with E-state index in [1.54, 1.807) is 0 Å². The number of Topliss-reactive ketones (excluding diaryl/α,β-unsaturated/α-hetero) is 1. The molecule has 0 saturated heterocycles. The molecule has 2 aromatic rings. The molecular weight excluding hydrogens is 290 g/mol. The fraction of sp³-hybridized carbons (Fsp3) is 0.200. The van der Waals surface area contributed by atoms with Gasteiger partial charge in [-0.1, -0.05) is 28.1 Å². The van der Waals surface area contributed by atoms with Crippen LogP contribution in [0, 0.1) is 6.92 Å². The lowest BCUT2D eigenvalue weighted by Gasteiger charge is -2.06. The maximum absolute atomic E-state index is 12.3. The molecule has 0 fully saturated rings. The Morgan fingerprint density at radius 3 is 2.22 bits per heavy atom. The Bertz CT molecular complexity index is 546. The van der Waals surface area contributed by atoms with Crippen molar-refractivity contribution in [3.05, 3.63) is 64.4 Å². The topological polar surface area (TPSA) is 20.9 Å². The van der Waals surface area contributed by atoms with Crippen LogP contribution >= 0.6 is 15.9 Å². The van der Waals surface area contributed by atoms with Crippen molar-refractivity contribution in [2.45, 2.75) is 19.9 Å². The molecule has 0 radical (unpaired) electrons. The zero-order valence-electron chi connectivity index (χ0n) is 10.4. The molecular formula is C15H15BrNO+. The maximum Gasteiger partial charge on any atom is 0.230 e. The molecule has 18 heavy (non-hydrogen) atoms. The fourth-order valence-electron chi connectivity index (χ4n) is 1.76. The number of aryl methyl sites for hydroxylation is 1. The van der Waals surface area contributed by atoms with E-state index < -0.39 is 0 Å². The van der Waals surface area contributed by atoms with Crippen LogP contribution in [0.1, 0.15) is 28.9 Å². The normalized spacial score (nSPS) is 12.2. The second-order valence-electron chi connectivity index (χ2n) is 4.37. The summed E-state index contributed by atoms with van der Waals surface area (Å²) in [5.74, 6) is 0.122. The monoisotopic (exact) mass is 304 g/mol. The van der Waals surface area contributed by atoms with Crippen molar-refractivity contribution in [2.75, 3.05) is 0 Å². The van der Waals surface area contributed by atoms with Gasteiger partial charge in [0.15, 0.2) is 12.4 Å². The van der Waals surface area contributed by atoms with Crippen LogP contribution in [-0.4, -0.2) is 5.78 Å². The minimum Gasteiger partial charge on any atom is -0.287 e. The molecule has 92 valence electrons. The van der Waals surface area contributed by atoms with Crippen LogP contribution < -0.4 is 4.57 Å². The summed E-state index contributed by atoms with van der Waals surface area (Å²) < 4.78 is 2.91. The van der Waals surface area contributed by atoms with Crippen LogP contribution in [0.25, 0.3) is 0 Å². The van der Waals surface area contributed by atoms with Crippen LogP contribution in [0.2, 0.25) is 0 Å². The van der Waals surface area contributed by atoms with Crippen LogP contribution in [-0.2, 0) is 0 Å². The first-order valence-electron chi connectivity index (χ1n) is 5.85. The zero-order chi connectivity index (χ0) is 13.1. The smallest absolute Gasteiger partial charge is 0.230 e. The van der Waals surface area contributed by atoms with Crippen LogP contribution in [0.5, 0.6) is 0 Å². The molecule has 1 atom stereocenters. The number of carbonyl (C=O) groups excluding carboxylic acids is 1. The Labute approximate surface area is 115 Å². The minimum atomic E-state index is -0.188. The Balaban J connectivity index is 2.23. The summed E-state index contributed by atoms with van der Waals surface area (Å²) in [4.78, 5) is 12.3. The summed E-state index contributed by atoms with van der Waals surface area (Å²) in [6.07, 6.45) is 3.88. The average molecular weight is 305 g/mol. The number of ketones is 1. The Morgan fingerprint density at radius 2 is 1.67 bits per heavy atom. The highest BCUT2D eigenvalue weighted by atomic mass is 79.9. The lowest BCUT2D eigenvalue weighted by molar-refractivity contribution is -0.704. The van der Waals surface area contributed by atoms with Crippen molar-refractivity contribution < 1.29 is 9.36 Å². The first-order valence-corrected chi connectivity index (χ1v) is 6.64. The zero-order valence-corrected chi connectivity index (χ0v) is 12.0. The molecule has 1 aromatic carbocycles. The third-order valence-electron chi connectivity index (χ3n) is 2.97. The highest BCUT2D eigenvalue weighted by Gasteiger charge is 2.22. The van der Waals surface area contributed by atoms with Crippen molar-refractivity contribution in [1.29, 1.82) is 0 Å². The van der Waals surface area contributed by atoms with Gasteiger partial charge in [-0.05, 0) is 24.6 Å². The number of pyridine rings is 1. The molecule has 0 bridgehead atoms. The third-order valence-corrected chi connectivity index (χ3v) is 3.50. The van der Waals surface area contributed by atoms with Gasteiger partial charge in [-0.15, -0.1) is 0 Å². The highest BCUT2D eigenvalue weighted by molar-refractivity contribution is 9.10. The Hall–Kier alpha value is -1.48.